The van der Waals surface area contributed by atoms with Gasteiger partial charge in [-0.2, -0.15) is 4.98 Å². The molecule has 1 amide bonds. The molecule has 2 aromatic rings. The highest BCUT2D eigenvalue weighted by atomic mass is 19.1. The van der Waals surface area contributed by atoms with E-state index in [1.54, 1.807) is 11.8 Å². The predicted molar refractivity (Wildman–Crippen MR) is 79.0 cm³/mol. The van der Waals surface area contributed by atoms with E-state index in [-0.39, 0.29) is 37.1 Å². The molecule has 1 atom stereocenters. The first kappa shape index (κ1) is 16.5. The van der Waals surface area contributed by atoms with Gasteiger partial charge in [0.15, 0.2) is 5.82 Å². The van der Waals surface area contributed by atoms with Gasteiger partial charge >= 0.3 is 0 Å². The number of benzene rings is 1. The number of ether oxygens (including phenoxy) is 1. The van der Waals surface area contributed by atoms with E-state index in [0.29, 0.717) is 24.7 Å². The maximum atomic E-state index is 13.8. The predicted octanol–water partition coefficient (Wildman–Crippen LogP) is 2.19. The Balaban J connectivity index is 1.52. The molecule has 1 fully saturated rings. The van der Waals surface area contributed by atoms with Crippen LogP contribution in [0.1, 0.15) is 29.6 Å². The number of hydrogen-bond donors (Lipinski definition) is 0. The smallest absolute Gasteiger partial charge is 0.252 e. The van der Waals surface area contributed by atoms with E-state index in [1.165, 1.54) is 18.2 Å². The maximum absolute atomic E-state index is 13.8. The molecule has 1 aliphatic heterocycles. The van der Waals surface area contributed by atoms with Crippen LogP contribution >= 0.6 is 0 Å². The van der Waals surface area contributed by atoms with Gasteiger partial charge in [0, 0.05) is 24.6 Å². The summed E-state index contributed by atoms with van der Waals surface area (Å²) in [7, 11) is 0. The zero-order valence-corrected chi connectivity index (χ0v) is 13.2. The fraction of sp³-hybridized carbons (Fsp3) is 0.438. The molecule has 3 rings (SSSR count). The Hall–Kier alpha value is -2.35. The zero-order chi connectivity index (χ0) is 17.1. The van der Waals surface area contributed by atoms with E-state index in [4.69, 9.17) is 9.26 Å². The van der Waals surface area contributed by atoms with Gasteiger partial charge in [-0.3, -0.25) is 4.79 Å². The molecule has 1 saturated heterocycles. The average Bonchev–Trinajstić information content (AvgIpc) is 3.17. The number of carbonyl (C=O) groups excluding carboxylic acids is 1. The Morgan fingerprint density at radius 1 is 1.42 bits per heavy atom. The van der Waals surface area contributed by atoms with Crippen molar-refractivity contribution < 1.29 is 22.8 Å². The molecule has 1 aromatic carbocycles. The number of hydrogen-bond acceptors (Lipinski definition) is 5. The molecule has 1 unspecified atom stereocenters. The Kier molecular flexibility index (Phi) is 4.84. The molecule has 6 nitrogen and oxygen atoms in total. The summed E-state index contributed by atoms with van der Waals surface area (Å²) in [6.07, 6.45) is 0.520. The molecule has 0 bridgehead atoms. The molecule has 1 aromatic heterocycles. The van der Waals surface area contributed by atoms with Crippen LogP contribution in [0.3, 0.4) is 0 Å². The quantitative estimate of drug-likeness (QED) is 0.836. The van der Waals surface area contributed by atoms with E-state index in [9.17, 15) is 13.6 Å². The summed E-state index contributed by atoms with van der Waals surface area (Å²) in [6.45, 7) is 2.31. The molecule has 24 heavy (non-hydrogen) atoms. The van der Waals surface area contributed by atoms with Crippen molar-refractivity contribution in [3.63, 3.8) is 0 Å². The highest BCUT2D eigenvalue weighted by Crippen LogP contribution is 2.30. The van der Waals surface area contributed by atoms with Crippen LogP contribution in [0.5, 0.6) is 0 Å². The molecular weight excluding hydrogens is 320 g/mol. The van der Waals surface area contributed by atoms with Crippen molar-refractivity contribution >= 4 is 5.91 Å². The van der Waals surface area contributed by atoms with Crippen molar-refractivity contribution in [1.82, 2.24) is 15.0 Å². The minimum Gasteiger partial charge on any atom is -0.362 e. The Morgan fingerprint density at radius 3 is 2.83 bits per heavy atom. The van der Waals surface area contributed by atoms with Gasteiger partial charge in [-0.25, -0.2) is 8.78 Å². The second kappa shape index (κ2) is 7.04. The lowest BCUT2D eigenvalue weighted by Gasteiger charge is -2.17. The lowest BCUT2D eigenvalue weighted by Crippen LogP contribution is -2.32. The second-order valence-corrected chi connectivity index (χ2v) is 5.69. The fourth-order valence-corrected chi connectivity index (χ4v) is 2.84. The van der Waals surface area contributed by atoms with E-state index >= 15 is 0 Å². The van der Waals surface area contributed by atoms with E-state index in [1.807, 2.05) is 0 Å². The van der Waals surface area contributed by atoms with Gasteiger partial charge in [0.2, 0.25) is 5.91 Å². The fourth-order valence-electron chi connectivity index (χ4n) is 2.84. The summed E-state index contributed by atoms with van der Waals surface area (Å²) in [4.78, 5) is 17.7. The third-order valence-corrected chi connectivity index (χ3v) is 3.97. The number of likely N-dealkylation sites (tertiary alicyclic amines) is 1. The van der Waals surface area contributed by atoms with Crippen LogP contribution in [0.15, 0.2) is 22.7 Å². The highest BCUT2D eigenvalue weighted by Gasteiger charge is 2.30. The number of aromatic nitrogens is 2. The van der Waals surface area contributed by atoms with Gasteiger partial charge in [0.1, 0.15) is 24.8 Å². The van der Waals surface area contributed by atoms with Crippen molar-refractivity contribution in [2.45, 2.75) is 25.9 Å². The number of aryl methyl sites for hydroxylation is 1. The maximum Gasteiger partial charge on any atom is 0.252 e. The molecular formula is C16H17F2N3O3. The van der Waals surface area contributed by atoms with Gasteiger partial charge in [-0.05, 0) is 25.5 Å². The largest absolute Gasteiger partial charge is 0.362 e. The van der Waals surface area contributed by atoms with Gasteiger partial charge in [-0.1, -0.05) is 11.2 Å². The van der Waals surface area contributed by atoms with Crippen LogP contribution in [-0.2, 0) is 16.1 Å². The summed E-state index contributed by atoms with van der Waals surface area (Å²) in [5.74, 6) is -0.920. The molecule has 1 aliphatic rings. The number of rotatable bonds is 5. The number of carbonyl (C=O) groups is 1. The summed E-state index contributed by atoms with van der Waals surface area (Å²) in [5, 5.41) is 3.62. The lowest BCUT2D eigenvalue weighted by atomic mass is 9.97. The van der Waals surface area contributed by atoms with Crippen molar-refractivity contribution in [1.29, 1.82) is 0 Å². The Morgan fingerprint density at radius 2 is 2.17 bits per heavy atom. The van der Waals surface area contributed by atoms with Crippen LogP contribution in [0.4, 0.5) is 8.78 Å². The monoisotopic (exact) mass is 337 g/mol. The van der Waals surface area contributed by atoms with E-state index < -0.39 is 11.6 Å². The minimum absolute atomic E-state index is 0.0474. The number of halogens is 2. The van der Waals surface area contributed by atoms with Crippen molar-refractivity contribution in [2.24, 2.45) is 0 Å². The third kappa shape index (κ3) is 3.59. The molecule has 0 saturated carbocycles. The Labute approximate surface area is 137 Å². The van der Waals surface area contributed by atoms with Crippen LogP contribution in [0.2, 0.25) is 0 Å². The molecule has 8 heteroatoms. The van der Waals surface area contributed by atoms with Gasteiger partial charge < -0.3 is 14.2 Å². The summed E-state index contributed by atoms with van der Waals surface area (Å²) >= 11 is 0. The standard InChI is InChI=1S/C16H17F2N3O3/c1-10-19-14(24-20-10)8-23-9-15(22)21-6-5-11(7-21)16-12(17)3-2-4-13(16)18/h2-4,11H,5-9H2,1H3. The van der Waals surface area contributed by atoms with E-state index in [2.05, 4.69) is 10.1 Å². The molecule has 128 valence electrons. The molecule has 0 spiro atoms. The Bertz CT molecular complexity index is 715. The highest BCUT2D eigenvalue weighted by molar-refractivity contribution is 5.77. The summed E-state index contributed by atoms with van der Waals surface area (Å²) in [6, 6.07) is 3.80. The normalized spacial score (nSPS) is 17.5. The first-order chi connectivity index (χ1) is 11.5. The van der Waals surface area contributed by atoms with Crippen molar-refractivity contribution in [3.8, 4) is 0 Å². The molecule has 0 N–H and O–H groups in total. The number of nitrogens with zero attached hydrogens (tertiary/aromatic N) is 3. The van der Waals surface area contributed by atoms with Crippen molar-refractivity contribution in [2.75, 3.05) is 19.7 Å². The lowest BCUT2D eigenvalue weighted by molar-refractivity contribution is -0.135. The molecule has 2 heterocycles. The van der Waals surface area contributed by atoms with Crippen molar-refractivity contribution in [3.05, 3.63) is 47.1 Å². The number of amides is 1. The second-order valence-electron chi connectivity index (χ2n) is 5.69. The molecule has 0 aliphatic carbocycles. The third-order valence-electron chi connectivity index (χ3n) is 3.97. The van der Waals surface area contributed by atoms with Gasteiger partial charge in [0.05, 0.1) is 0 Å². The SMILES string of the molecule is Cc1noc(COCC(=O)N2CCC(c3c(F)cccc3F)C2)n1. The average molecular weight is 337 g/mol. The summed E-state index contributed by atoms with van der Waals surface area (Å²) < 4.78 is 37.8. The van der Waals surface area contributed by atoms with Gasteiger partial charge in [0.25, 0.3) is 5.89 Å². The molecule has 0 radical (unpaired) electrons. The van der Waals surface area contributed by atoms with E-state index in [0.717, 1.165) is 0 Å². The first-order valence-corrected chi connectivity index (χ1v) is 7.63. The van der Waals surface area contributed by atoms with Crippen LogP contribution in [-0.4, -0.2) is 40.6 Å². The van der Waals surface area contributed by atoms with Crippen LogP contribution in [0.25, 0.3) is 0 Å². The zero-order valence-electron chi connectivity index (χ0n) is 13.2. The minimum atomic E-state index is -0.572. The first-order valence-electron chi connectivity index (χ1n) is 7.63. The van der Waals surface area contributed by atoms with Crippen LogP contribution < -0.4 is 0 Å². The van der Waals surface area contributed by atoms with Gasteiger partial charge in [-0.15, -0.1) is 0 Å². The topological polar surface area (TPSA) is 68.5 Å². The van der Waals surface area contributed by atoms with Crippen LogP contribution in [0, 0.1) is 18.6 Å². The summed E-state index contributed by atoms with van der Waals surface area (Å²) in [5.41, 5.74) is 0.0510.